The first-order valence-corrected chi connectivity index (χ1v) is 8.07. The van der Waals surface area contributed by atoms with Crippen LogP contribution in [0.2, 0.25) is 0 Å². The molecular formula is C11H10BrNO2S2. The Kier molecular flexibility index (Phi) is 3.98. The largest absolute Gasteiger partial charge is 0.241 e. The minimum Gasteiger partial charge on any atom is -0.207 e. The first-order chi connectivity index (χ1) is 8.09. The van der Waals surface area contributed by atoms with Gasteiger partial charge in [-0.1, -0.05) is 12.1 Å². The summed E-state index contributed by atoms with van der Waals surface area (Å²) in [5.74, 6) is 0. The Bertz CT molecular complexity index is 594. The van der Waals surface area contributed by atoms with Gasteiger partial charge in [-0.25, -0.2) is 13.1 Å². The van der Waals surface area contributed by atoms with Gasteiger partial charge in [0, 0.05) is 11.0 Å². The molecule has 2 rings (SSSR count). The van der Waals surface area contributed by atoms with Crippen LogP contribution in [0.1, 0.15) is 5.56 Å². The van der Waals surface area contributed by atoms with Crippen molar-refractivity contribution in [3.05, 3.63) is 51.1 Å². The van der Waals surface area contributed by atoms with Crippen LogP contribution in [-0.2, 0) is 16.6 Å². The molecule has 1 N–H and O–H groups in total. The van der Waals surface area contributed by atoms with Crippen LogP contribution >= 0.6 is 27.3 Å². The highest BCUT2D eigenvalue weighted by Crippen LogP contribution is 2.21. The highest BCUT2D eigenvalue weighted by atomic mass is 79.9. The lowest BCUT2D eigenvalue weighted by atomic mass is 10.4. The molecule has 0 saturated heterocycles. The lowest BCUT2D eigenvalue weighted by molar-refractivity contribution is 0.581. The topological polar surface area (TPSA) is 46.2 Å². The van der Waals surface area contributed by atoms with Gasteiger partial charge in [0.2, 0.25) is 10.0 Å². The Hall–Kier alpha value is -0.690. The fraction of sp³-hybridized carbons (Fsp3) is 0.0909. The van der Waals surface area contributed by atoms with Crippen LogP contribution in [0.5, 0.6) is 0 Å². The fourth-order valence-electron chi connectivity index (χ4n) is 1.31. The molecule has 0 spiro atoms. The minimum atomic E-state index is -3.46. The Labute approximate surface area is 113 Å². The summed E-state index contributed by atoms with van der Waals surface area (Å²) in [5.41, 5.74) is 0.964. The molecule has 0 saturated carbocycles. The van der Waals surface area contributed by atoms with E-state index < -0.39 is 10.0 Å². The number of hydrogen-bond donors (Lipinski definition) is 1. The Morgan fingerprint density at radius 3 is 2.65 bits per heavy atom. The number of nitrogens with one attached hydrogen (secondary N) is 1. The van der Waals surface area contributed by atoms with Crippen LogP contribution in [0.15, 0.2) is 50.5 Å². The summed E-state index contributed by atoms with van der Waals surface area (Å²) in [6.45, 7) is 0.313. The van der Waals surface area contributed by atoms with Gasteiger partial charge in [0.05, 0.1) is 4.90 Å². The van der Waals surface area contributed by atoms with Crippen LogP contribution in [0.25, 0.3) is 0 Å². The second kappa shape index (κ2) is 5.30. The van der Waals surface area contributed by atoms with Crippen LogP contribution in [0, 0.1) is 0 Å². The van der Waals surface area contributed by atoms with E-state index in [4.69, 9.17) is 0 Å². The molecule has 1 aromatic carbocycles. The van der Waals surface area contributed by atoms with Gasteiger partial charge in [-0.3, -0.25) is 0 Å². The summed E-state index contributed by atoms with van der Waals surface area (Å²) in [6.07, 6.45) is 0. The number of thiophene rings is 1. The maximum Gasteiger partial charge on any atom is 0.241 e. The zero-order chi connectivity index (χ0) is 12.3. The summed E-state index contributed by atoms with van der Waals surface area (Å²) in [5, 5.41) is 3.84. The average molecular weight is 332 g/mol. The van der Waals surface area contributed by atoms with Crippen molar-refractivity contribution in [2.24, 2.45) is 0 Å². The van der Waals surface area contributed by atoms with Crippen molar-refractivity contribution in [1.82, 2.24) is 4.72 Å². The molecule has 0 atom stereocenters. The van der Waals surface area contributed by atoms with Crippen molar-refractivity contribution in [3.63, 3.8) is 0 Å². The quantitative estimate of drug-likeness (QED) is 0.936. The number of sulfonamides is 1. The maximum absolute atomic E-state index is 12.0. The van der Waals surface area contributed by atoms with E-state index in [1.807, 2.05) is 16.8 Å². The smallest absolute Gasteiger partial charge is 0.207 e. The average Bonchev–Trinajstić information content (AvgIpc) is 2.80. The molecule has 0 unspecified atom stereocenters. The molecule has 90 valence electrons. The highest BCUT2D eigenvalue weighted by Gasteiger charge is 2.16. The summed E-state index contributed by atoms with van der Waals surface area (Å²) in [7, 11) is -3.46. The predicted molar refractivity (Wildman–Crippen MR) is 72.5 cm³/mol. The first-order valence-electron chi connectivity index (χ1n) is 4.85. The highest BCUT2D eigenvalue weighted by molar-refractivity contribution is 9.10. The van der Waals surface area contributed by atoms with Crippen molar-refractivity contribution < 1.29 is 8.42 Å². The molecule has 0 bridgehead atoms. The van der Waals surface area contributed by atoms with Crippen LogP contribution in [0.4, 0.5) is 0 Å². The predicted octanol–water partition coefficient (Wildman–Crippen LogP) is 2.99. The molecule has 3 nitrogen and oxygen atoms in total. The van der Waals surface area contributed by atoms with E-state index in [2.05, 4.69) is 20.7 Å². The molecule has 1 heterocycles. The van der Waals surface area contributed by atoms with Gasteiger partial charge < -0.3 is 0 Å². The van der Waals surface area contributed by atoms with Gasteiger partial charge in [0.15, 0.2) is 0 Å². The van der Waals surface area contributed by atoms with E-state index in [-0.39, 0.29) is 4.90 Å². The molecule has 1 aromatic heterocycles. The van der Waals surface area contributed by atoms with Gasteiger partial charge in [-0.05, 0) is 50.5 Å². The summed E-state index contributed by atoms with van der Waals surface area (Å²) >= 11 is 4.78. The third-order valence-corrected chi connectivity index (χ3v) is 5.32. The van der Waals surface area contributed by atoms with Crippen molar-refractivity contribution in [2.75, 3.05) is 0 Å². The third-order valence-electron chi connectivity index (χ3n) is 2.17. The monoisotopic (exact) mass is 331 g/mol. The molecule has 0 aliphatic carbocycles. The summed E-state index contributed by atoms with van der Waals surface area (Å²) in [6, 6.07) is 8.65. The molecule has 17 heavy (non-hydrogen) atoms. The molecule has 0 aliphatic heterocycles. The summed E-state index contributed by atoms with van der Waals surface area (Å²) in [4.78, 5) is 0.259. The maximum atomic E-state index is 12.0. The second-order valence-electron chi connectivity index (χ2n) is 3.39. The van der Waals surface area contributed by atoms with Crippen molar-refractivity contribution >= 4 is 37.3 Å². The second-order valence-corrected chi connectivity index (χ2v) is 6.76. The number of rotatable bonds is 4. The van der Waals surface area contributed by atoms with Gasteiger partial charge >= 0.3 is 0 Å². The van der Waals surface area contributed by atoms with E-state index in [1.54, 1.807) is 35.6 Å². The standard InChI is InChI=1S/C11H10BrNO2S2/c12-10-3-1-2-4-11(10)17(14,15)13-7-9-5-6-16-8-9/h1-6,8,13H,7H2. The number of benzene rings is 1. The molecule has 0 fully saturated rings. The van der Waals surface area contributed by atoms with E-state index >= 15 is 0 Å². The van der Waals surface area contributed by atoms with Crippen LogP contribution < -0.4 is 4.72 Å². The van der Waals surface area contributed by atoms with E-state index in [0.29, 0.717) is 11.0 Å². The molecule has 0 amide bonds. The number of hydrogen-bond acceptors (Lipinski definition) is 3. The van der Waals surface area contributed by atoms with Gasteiger partial charge in [-0.15, -0.1) is 0 Å². The minimum absolute atomic E-state index is 0.259. The molecule has 0 radical (unpaired) electrons. The zero-order valence-corrected chi connectivity index (χ0v) is 12.0. The number of halogens is 1. The van der Waals surface area contributed by atoms with Crippen molar-refractivity contribution in [1.29, 1.82) is 0 Å². The van der Waals surface area contributed by atoms with Crippen LogP contribution in [0.3, 0.4) is 0 Å². The van der Waals surface area contributed by atoms with E-state index in [1.165, 1.54) is 0 Å². The normalized spacial score (nSPS) is 11.6. The zero-order valence-electron chi connectivity index (χ0n) is 8.76. The van der Waals surface area contributed by atoms with Gasteiger partial charge in [0.1, 0.15) is 0 Å². The van der Waals surface area contributed by atoms with Gasteiger partial charge in [-0.2, -0.15) is 11.3 Å². The summed E-state index contributed by atoms with van der Waals surface area (Å²) < 4.78 is 27.2. The Morgan fingerprint density at radius 2 is 2.00 bits per heavy atom. The molecule has 2 aromatic rings. The lowest BCUT2D eigenvalue weighted by Crippen LogP contribution is -2.23. The van der Waals surface area contributed by atoms with E-state index in [9.17, 15) is 8.42 Å². The third kappa shape index (κ3) is 3.16. The SMILES string of the molecule is O=S(=O)(NCc1ccsc1)c1ccccc1Br. The fourth-order valence-corrected chi connectivity index (χ4v) is 4.00. The van der Waals surface area contributed by atoms with Crippen LogP contribution in [-0.4, -0.2) is 8.42 Å². The Balaban J connectivity index is 2.17. The first kappa shape index (κ1) is 12.8. The molecule has 6 heteroatoms. The molecular weight excluding hydrogens is 322 g/mol. The lowest BCUT2D eigenvalue weighted by Gasteiger charge is -2.07. The van der Waals surface area contributed by atoms with Gasteiger partial charge in [0.25, 0.3) is 0 Å². The van der Waals surface area contributed by atoms with Crippen molar-refractivity contribution in [2.45, 2.75) is 11.4 Å². The van der Waals surface area contributed by atoms with E-state index in [0.717, 1.165) is 5.56 Å². The van der Waals surface area contributed by atoms with Crippen molar-refractivity contribution in [3.8, 4) is 0 Å². The Morgan fingerprint density at radius 1 is 1.24 bits per heavy atom. The molecule has 0 aliphatic rings.